The molecule has 0 aliphatic carbocycles. The zero-order valence-electron chi connectivity index (χ0n) is 30.4. The zero-order valence-corrected chi connectivity index (χ0v) is 30.4. The molecule has 0 N–H and O–H groups in total. The predicted molar refractivity (Wildman–Crippen MR) is 230 cm³/mol. The molecule has 266 valence electrons. The Morgan fingerprint density at radius 3 is 1.51 bits per heavy atom. The maximum atomic E-state index is 6.77. The van der Waals surface area contributed by atoms with Crippen molar-refractivity contribution < 1.29 is 8.83 Å². The Hall–Kier alpha value is -7.83. The van der Waals surface area contributed by atoms with Gasteiger partial charge in [-0.25, -0.2) is 15.0 Å². The van der Waals surface area contributed by atoms with Gasteiger partial charge in [-0.2, -0.15) is 0 Å². The smallest absolute Gasteiger partial charge is 0.167 e. The van der Waals surface area contributed by atoms with E-state index in [0.717, 1.165) is 88.4 Å². The van der Waals surface area contributed by atoms with Crippen molar-refractivity contribution in [2.24, 2.45) is 0 Å². The summed E-state index contributed by atoms with van der Waals surface area (Å²) in [5.41, 5.74) is 11.3. The third-order valence-electron chi connectivity index (χ3n) is 11.1. The van der Waals surface area contributed by atoms with Gasteiger partial charge in [-0.05, 0) is 53.6 Å². The third-order valence-corrected chi connectivity index (χ3v) is 11.1. The van der Waals surface area contributed by atoms with Crippen molar-refractivity contribution in [3.63, 3.8) is 0 Å². The fourth-order valence-electron chi connectivity index (χ4n) is 8.56. The summed E-state index contributed by atoms with van der Waals surface area (Å²) in [6.45, 7) is 0. The lowest BCUT2D eigenvalue weighted by molar-refractivity contribution is 0.668. The molecule has 57 heavy (non-hydrogen) atoms. The van der Waals surface area contributed by atoms with E-state index >= 15 is 0 Å². The van der Waals surface area contributed by atoms with Crippen LogP contribution in [0.2, 0.25) is 0 Å². The van der Waals surface area contributed by atoms with Crippen LogP contribution in [0.1, 0.15) is 0 Å². The second-order valence-corrected chi connectivity index (χ2v) is 14.3. The van der Waals surface area contributed by atoms with E-state index in [2.05, 4.69) is 114 Å². The largest absolute Gasteiger partial charge is 0.456 e. The molecule has 12 rings (SSSR count). The molecule has 0 fully saturated rings. The molecule has 12 aromatic rings. The van der Waals surface area contributed by atoms with Gasteiger partial charge in [-0.3, -0.25) is 0 Å². The number of furan rings is 2. The Morgan fingerprint density at radius 1 is 0.351 bits per heavy atom. The standard InChI is InChI=1S/C51H30N4O2/c1-3-14-31(15-4-1)49-52-50(32-16-5-2-6-17-32)54-51(53-49)40-23-11-22-39-47-37(21-13-27-44(47)57-48(39)40)36-20-12-26-43-46(36)38-29-28-33(30-45(38)56-43)55-41-24-9-7-18-34(41)35-19-8-10-25-42(35)55/h1-30H. The van der Waals surface area contributed by atoms with Crippen LogP contribution in [0.25, 0.3) is 117 Å². The minimum atomic E-state index is 0.552. The summed E-state index contributed by atoms with van der Waals surface area (Å²) in [6.07, 6.45) is 0. The van der Waals surface area contributed by atoms with Gasteiger partial charge >= 0.3 is 0 Å². The minimum absolute atomic E-state index is 0.552. The van der Waals surface area contributed by atoms with Crippen LogP contribution >= 0.6 is 0 Å². The van der Waals surface area contributed by atoms with Crippen molar-refractivity contribution in [3.05, 3.63) is 182 Å². The number of nitrogens with zero attached hydrogens (tertiary/aromatic N) is 4. The summed E-state index contributed by atoms with van der Waals surface area (Å²) >= 11 is 0. The molecule has 4 aromatic heterocycles. The molecule has 0 aliphatic rings. The van der Waals surface area contributed by atoms with E-state index in [-0.39, 0.29) is 0 Å². The summed E-state index contributed by atoms with van der Waals surface area (Å²) in [6, 6.07) is 62.6. The summed E-state index contributed by atoms with van der Waals surface area (Å²) in [5.74, 6) is 1.76. The highest BCUT2D eigenvalue weighted by atomic mass is 16.3. The molecule has 4 heterocycles. The van der Waals surface area contributed by atoms with Crippen molar-refractivity contribution in [3.8, 4) is 51.0 Å². The van der Waals surface area contributed by atoms with Crippen molar-refractivity contribution >= 4 is 65.7 Å². The maximum absolute atomic E-state index is 6.77. The topological polar surface area (TPSA) is 69.9 Å². The lowest BCUT2D eigenvalue weighted by atomic mass is 9.95. The van der Waals surface area contributed by atoms with Crippen LogP contribution in [-0.4, -0.2) is 19.5 Å². The second-order valence-electron chi connectivity index (χ2n) is 14.3. The molecule has 8 aromatic carbocycles. The highest BCUT2D eigenvalue weighted by Crippen LogP contribution is 2.44. The van der Waals surface area contributed by atoms with Crippen LogP contribution in [-0.2, 0) is 0 Å². The van der Waals surface area contributed by atoms with E-state index in [9.17, 15) is 0 Å². The number of benzene rings is 8. The van der Waals surface area contributed by atoms with E-state index in [1.54, 1.807) is 0 Å². The van der Waals surface area contributed by atoms with Crippen molar-refractivity contribution in [2.45, 2.75) is 0 Å². The number of para-hydroxylation sites is 3. The molecule has 0 radical (unpaired) electrons. The van der Waals surface area contributed by atoms with Gasteiger partial charge in [0.05, 0.1) is 16.6 Å². The molecule has 6 heteroatoms. The van der Waals surface area contributed by atoms with Crippen LogP contribution < -0.4 is 0 Å². The molecule has 6 nitrogen and oxygen atoms in total. The molecule has 0 saturated carbocycles. The minimum Gasteiger partial charge on any atom is -0.456 e. The van der Waals surface area contributed by atoms with Gasteiger partial charge in [-0.15, -0.1) is 0 Å². The maximum Gasteiger partial charge on any atom is 0.167 e. The van der Waals surface area contributed by atoms with Crippen LogP contribution in [0.15, 0.2) is 191 Å². The molecule has 0 aliphatic heterocycles. The van der Waals surface area contributed by atoms with E-state index in [4.69, 9.17) is 23.8 Å². The summed E-state index contributed by atoms with van der Waals surface area (Å²) < 4.78 is 15.8. The molecule has 0 atom stereocenters. The van der Waals surface area contributed by atoms with Gasteiger partial charge in [0.25, 0.3) is 0 Å². The molecule has 0 saturated heterocycles. The molecule has 0 bridgehead atoms. The van der Waals surface area contributed by atoms with Gasteiger partial charge in [0.15, 0.2) is 17.5 Å². The molecule has 0 amide bonds. The molecule has 0 unspecified atom stereocenters. The first kappa shape index (κ1) is 31.5. The Labute approximate surface area is 325 Å². The lowest BCUT2D eigenvalue weighted by Crippen LogP contribution is -2.00. The number of rotatable bonds is 5. The fraction of sp³-hybridized carbons (Fsp3) is 0. The van der Waals surface area contributed by atoms with Crippen LogP contribution in [0.4, 0.5) is 0 Å². The Kier molecular flexibility index (Phi) is 6.83. The highest BCUT2D eigenvalue weighted by molar-refractivity contribution is 6.20. The SMILES string of the molecule is c1ccc(-c2nc(-c3ccccc3)nc(-c3cccc4c3oc3cccc(-c5cccc6oc7cc(-n8c9ccccc9c9ccccc98)ccc7c56)c34)n2)cc1. The van der Waals surface area contributed by atoms with Gasteiger partial charge < -0.3 is 13.4 Å². The molecule has 0 spiro atoms. The normalized spacial score (nSPS) is 11.9. The van der Waals surface area contributed by atoms with E-state index in [0.29, 0.717) is 17.5 Å². The zero-order chi connectivity index (χ0) is 37.5. The molecular weight excluding hydrogens is 701 g/mol. The molecular formula is C51H30N4O2. The fourth-order valence-corrected chi connectivity index (χ4v) is 8.56. The van der Waals surface area contributed by atoms with Crippen molar-refractivity contribution in [2.75, 3.05) is 0 Å². The summed E-state index contributed by atoms with van der Waals surface area (Å²) in [7, 11) is 0. The lowest BCUT2D eigenvalue weighted by Gasteiger charge is -2.09. The van der Waals surface area contributed by atoms with E-state index < -0.39 is 0 Å². The Morgan fingerprint density at radius 2 is 0.860 bits per heavy atom. The number of aromatic nitrogens is 4. The van der Waals surface area contributed by atoms with E-state index in [1.165, 1.54) is 10.8 Å². The van der Waals surface area contributed by atoms with Crippen molar-refractivity contribution in [1.29, 1.82) is 0 Å². The van der Waals surface area contributed by atoms with Crippen LogP contribution in [0, 0.1) is 0 Å². The average molecular weight is 731 g/mol. The van der Waals surface area contributed by atoms with Crippen molar-refractivity contribution in [1.82, 2.24) is 19.5 Å². The average Bonchev–Trinajstić information content (AvgIpc) is 3.96. The number of hydrogen-bond donors (Lipinski definition) is 0. The first-order valence-corrected chi connectivity index (χ1v) is 19.0. The van der Waals surface area contributed by atoms with E-state index in [1.807, 2.05) is 72.8 Å². The quantitative estimate of drug-likeness (QED) is 0.176. The third kappa shape index (κ3) is 4.87. The predicted octanol–water partition coefficient (Wildman–Crippen LogP) is 13.4. The van der Waals surface area contributed by atoms with Gasteiger partial charge in [0, 0.05) is 55.2 Å². The van der Waals surface area contributed by atoms with Gasteiger partial charge in [0.1, 0.15) is 22.3 Å². The van der Waals surface area contributed by atoms with Crippen LogP contribution in [0.3, 0.4) is 0 Å². The Bertz CT molecular complexity index is 3410. The Balaban J connectivity index is 1.04. The summed E-state index contributed by atoms with van der Waals surface area (Å²) in [4.78, 5) is 15.0. The number of hydrogen-bond acceptors (Lipinski definition) is 5. The van der Waals surface area contributed by atoms with Crippen LogP contribution in [0.5, 0.6) is 0 Å². The first-order valence-electron chi connectivity index (χ1n) is 19.0. The van der Waals surface area contributed by atoms with Gasteiger partial charge in [0.2, 0.25) is 0 Å². The second kappa shape index (κ2) is 12.3. The summed E-state index contributed by atoms with van der Waals surface area (Å²) in [5, 5.41) is 6.59. The number of fused-ring (bicyclic) bond motifs is 9. The first-order chi connectivity index (χ1) is 28.3. The monoisotopic (exact) mass is 730 g/mol. The highest BCUT2D eigenvalue weighted by Gasteiger charge is 2.22. The van der Waals surface area contributed by atoms with Gasteiger partial charge in [-0.1, -0.05) is 133 Å².